The lowest BCUT2D eigenvalue weighted by Gasteiger charge is -2.38. The number of carbonyl (C=O) groups excluding carboxylic acids is 1. The standard InChI is InChI=1S/C19H30N2O.ClH/c1-14(2)17-10-7-16(8-11-17)9-12-19(22)21-13-5-4-6-18(21)15(3)20;/h7-8,10-11,14-15,18H,4-6,9,12-13,20H2,1-3H3;1H. The number of piperidine rings is 1. The predicted octanol–water partition coefficient (Wildman–Crippen LogP) is 3.89. The Labute approximate surface area is 147 Å². The van der Waals surface area contributed by atoms with Crippen LogP contribution in [0.1, 0.15) is 63.5 Å². The smallest absolute Gasteiger partial charge is 0.223 e. The highest BCUT2D eigenvalue weighted by molar-refractivity contribution is 5.85. The van der Waals surface area contributed by atoms with Gasteiger partial charge in [0, 0.05) is 25.0 Å². The van der Waals surface area contributed by atoms with E-state index in [4.69, 9.17) is 5.73 Å². The summed E-state index contributed by atoms with van der Waals surface area (Å²) in [7, 11) is 0. The van der Waals surface area contributed by atoms with E-state index in [1.54, 1.807) is 0 Å². The minimum Gasteiger partial charge on any atom is -0.338 e. The zero-order valence-corrected chi connectivity index (χ0v) is 15.4. The van der Waals surface area contributed by atoms with Gasteiger partial charge in [-0.3, -0.25) is 4.79 Å². The molecule has 0 spiro atoms. The molecule has 1 aromatic carbocycles. The molecule has 1 saturated heterocycles. The van der Waals surface area contributed by atoms with Crippen LogP contribution in [0.25, 0.3) is 0 Å². The van der Waals surface area contributed by atoms with E-state index in [1.165, 1.54) is 17.5 Å². The molecule has 2 rings (SSSR count). The first-order chi connectivity index (χ1) is 10.5. The van der Waals surface area contributed by atoms with E-state index in [1.807, 2.05) is 11.8 Å². The maximum Gasteiger partial charge on any atom is 0.223 e. The Morgan fingerprint density at radius 3 is 2.43 bits per heavy atom. The molecule has 2 N–H and O–H groups in total. The van der Waals surface area contributed by atoms with Crippen LogP contribution in [-0.2, 0) is 11.2 Å². The number of nitrogens with two attached hydrogens (primary N) is 1. The molecule has 1 aliphatic rings. The van der Waals surface area contributed by atoms with Gasteiger partial charge in [0.2, 0.25) is 5.91 Å². The number of hydrogen-bond acceptors (Lipinski definition) is 2. The van der Waals surface area contributed by atoms with Crippen molar-refractivity contribution in [2.75, 3.05) is 6.54 Å². The second-order valence-electron chi connectivity index (χ2n) is 6.91. The van der Waals surface area contributed by atoms with Crippen LogP contribution in [0, 0.1) is 0 Å². The summed E-state index contributed by atoms with van der Waals surface area (Å²) in [4.78, 5) is 14.6. The maximum atomic E-state index is 12.5. The molecule has 1 fully saturated rings. The largest absolute Gasteiger partial charge is 0.338 e. The van der Waals surface area contributed by atoms with Crippen LogP contribution in [0.2, 0.25) is 0 Å². The fraction of sp³-hybridized carbons (Fsp3) is 0.632. The molecule has 0 aromatic heterocycles. The average Bonchev–Trinajstić information content (AvgIpc) is 2.53. The van der Waals surface area contributed by atoms with Crippen molar-refractivity contribution in [3.8, 4) is 0 Å². The summed E-state index contributed by atoms with van der Waals surface area (Å²) < 4.78 is 0. The van der Waals surface area contributed by atoms with Crippen molar-refractivity contribution in [3.63, 3.8) is 0 Å². The number of hydrogen-bond donors (Lipinski definition) is 1. The van der Waals surface area contributed by atoms with E-state index < -0.39 is 0 Å². The molecule has 0 radical (unpaired) electrons. The molecule has 130 valence electrons. The van der Waals surface area contributed by atoms with E-state index >= 15 is 0 Å². The minimum absolute atomic E-state index is 0. The number of carbonyl (C=O) groups is 1. The van der Waals surface area contributed by atoms with Gasteiger partial charge in [-0.15, -0.1) is 12.4 Å². The molecule has 0 saturated carbocycles. The average molecular weight is 339 g/mol. The first kappa shape index (κ1) is 20.0. The molecule has 2 unspecified atom stereocenters. The van der Waals surface area contributed by atoms with E-state index in [9.17, 15) is 4.79 Å². The molecule has 0 aliphatic carbocycles. The Balaban J connectivity index is 0.00000264. The molecule has 1 heterocycles. The molecular weight excluding hydrogens is 308 g/mol. The van der Waals surface area contributed by atoms with Gasteiger partial charge in [-0.25, -0.2) is 0 Å². The Kier molecular flexibility index (Phi) is 8.07. The number of likely N-dealkylation sites (tertiary alicyclic amines) is 1. The zero-order valence-electron chi connectivity index (χ0n) is 14.6. The number of aryl methyl sites for hydroxylation is 1. The van der Waals surface area contributed by atoms with Gasteiger partial charge in [0.25, 0.3) is 0 Å². The molecule has 1 aliphatic heterocycles. The first-order valence-corrected chi connectivity index (χ1v) is 8.63. The monoisotopic (exact) mass is 338 g/mol. The molecule has 3 nitrogen and oxygen atoms in total. The van der Waals surface area contributed by atoms with E-state index in [2.05, 4.69) is 38.1 Å². The Hall–Kier alpha value is -1.06. The summed E-state index contributed by atoms with van der Waals surface area (Å²) >= 11 is 0. The van der Waals surface area contributed by atoms with Crippen molar-refractivity contribution < 1.29 is 4.79 Å². The van der Waals surface area contributed by atoms with Gasteiger partial charge in [-0.2, -0.15) is 0 Å². The van der Waals surface area contributed by atoms with Crippen molar-refractivity contribution >= 4 is 18.3 Å². The van der Waals surface area contributed by atoms with Crippen molar-refractivity contribution in [2.45, 2.75) is 70.9 Å². The number of benzene rings is 1. The lowest BCUT2D eigenvalue weighted by atomic mass is 9.96. The Bertz CT molecular complexity index is 485. The maximum absolute atomic E-state index is 12.5. The second kappa shape index (κ2) is 9.29. The molecule has 0 bridgehead atoms. The van der Waals surface area contributed by atoms with Gasteiger partial charge in [-0.05, 0) is 49.7 Å². The van der Waals surface area contributed by atoms with Crippen molar-refractivity contribution in [1.29, 1.82) is 0 Å². The number of nitrogens with zero attached hydrogens (tertiary/aromatic N) is 1. The lowest BCUT2D eigenvalue weighted by molar-refractivity contribution is -0.135. The molecule has 4 heteroatoms. The molecule has 1 amide bonds. The molecular formula is C19H31ClN2O. The van der Waals surface area contributed by atoms with Crippen LogP contribution < -0.4 is 5.73 Å². The van der Waals surface area contributed by atoms with E-state index in [-0.39, 0.29) is 30.4 Å². The number of amides is 1. The van der Waals surface area contributed by atoms with Crippen LogP contribution in [0.5, 0.6) is 0 Å². The summed E-state index contributed by atoms with van der Waals surface area (Å²) in [5.41, 5.74) is 8.65. The zero-order chi connectivity index (χ0) is 16.1. The highest BCUT2D eigenvalue weighted by atomic mass is 35.5. The van der Waals surface area contributed by atoms with Crippen LogP contribution in [0.3, 0.4) is 0 Å². The van der Waals surface area contributed by atoms with Gasteiger partial charge in [-0.1, -0.05) is 38.1 Å². The summed E-state index contributed by atoms with van der Waals surface area (Å²) in [6, 6.07) is 8.95. The lowest BCUT2D eigenvalue weighted by Crippen LogP contribution is -2.51. The Morgan fingerprint density at radius 1 is 1.22 bits per heavy atom. The minimum atomic E-state index is 0. The fourth-order valence-electron chi connectivity index (χ4n) is 3.28. The predicted molar refractivity (Wildman–Crippen MR) is 99.1 cm³/mol. The topological polar surface area (TPSA) is 46.3 Å². The van der Waals surface area contributed by atoms with Crippen molar-refractivity contribution in [1.82, 2.24) is 4.90 Å². The van der Waals surface area contributed by atoms with Gasteiger partial charge >= 0.3 is 0 Å². The molecule has 2 atom stereocenters. The highest BCUT2D eigenvalue weighted by Crippen LogP contribution is 2.21. The van der Waals surface area contributed by atoms with Gasteiger partial charge in [0.1, 0.15) is 0 Å². The SMILES string of the molecule is CC(C)c1ccc(CCC(=O)N2CCCCC2C(C)N)cc1.Cl. The number of rotatable bonds is 5. The van der Waals surface area contributed by atoms with Crippen molar-refractivity contribution in [3.05, 3.63) is 35.4 Å². The molecule has 23 heavy (non-hydrogen) atoms. The summed E-state index contributed by atoms with van der Waals surface area (Å²) in [5, 5.41) is 0. The summed E-state index contributed by atoms with van der Waals surface area (Å²) in [6.07, 6.45) is 4.75. The van der Waals surface area contributed by atoms with Gasteiger partial charge in [0.05, 0.1) is 0 Å². The van der Waals surface area contributed by atoms with Gasteiger partial charge in [0.15, 0.2) is 0 Å². The molecule has 1 aromatic rings. The van der Waals surface area contributed by atoms with Gasteiger partial charge < -0.3 is 10.6 Å². The second-order valence-corrected chi connectivity index (χ2v) is 6.91. The van der Waals surface area contributed by atoms with Crippen LogP contribution in [0.15, 0.2) is 24.3 Å². The fourth-order valence-corrected chi connectivity index (χ4v) is 3.28. The summed E-state index contributed by atoms with van der Waals surface area (Å²) in [5.74, 6) is 0.811. The van der Waals surface area contributed by atoms with E-state index in [0.717, 1.165) is 25.8 Å². The quantitative estimate of drug-likeness (QED) is 0.885. The third-order valence-corrected chi connectivity index (χ3v) is 4.75. The number of halogens is 1. The third kappa shape index (κ3) is 5.50. The normalized spacial score (nSPS) is 19.3. The van der Waals surface area contributed by atoms with Crippen LogP contribution in [-0.4, -0.2) is 29.4 Å². The van der Waals surface area contributed by atoms with E-state index in [0.29, 0.717) is 12.3 Å². The summed E-state index contributed by atoms with van der Waals surface area (Å²) in [6.45, 7) is 7.28. The van der Waals surface area contributed by atoms with Crippen LogP contribution >= 0.6 is 12.4 Å². The van der Waals surface area contributed by atoms with Crippen LogP contribution in [0.4, 0.5) is 0 Å². The first-order valence-electron chi connectivity index (χ1n) is 8.63. The Morgan fingerprint density at radius 2 is 1.87 bits per heavy atom. The highest BCUT2D eigenvalue weighted by Gasteiger charge is 2.28. The third-order valence-electron chi connectivity index (χ3n) is 4.75. The van der Waals surface area contributed by atoms with Crippen molar-refractivity contribution in [2.24, 2.45) is 5.73 Å².